The van der Waals surface area contributed by atoms with E-state index in [2.05, 4.69) is 30.9 Å². The van der Waals surface area contributed by atoms with E-state index in [4.69, 9.17) is 14.9 Å². The molecule has 2 aromatic carbocycles. The Morgan fingerprint density at radius 3 is 2.88 bits per heavy atom. The molecule has 0 spiro atoms. The highest BCUT2D eigenvalue weighted by Crippen LogP contribution is 2.42. The van der Waals surface area contributed by atoms with Crippen LogP contribution in [0, 0.1) is 15.5 Å². The summed E-state index contributed by atoms with van der Waals surface area (Å²) in [5, 5.41) is 20.0. The normalized spacial score (nSPS) is 12.4. The molecule has 0 fully saturated rings. The largest absolute Gasteiger partial charge is 0.454 e. The maximum absolute atomic E-state index is 11.3. The van der Waals surface area contributed by atoms with Crippen LogP contribution in [0.25, 0.3) is 11.2 Å². The van der Waals surface area contributed by atoms with E-state index >= 15 is 0 Å². The summed E-state index contributed by atoms with van der Waals surface area (Å²) in [6, 6.07) is 10.4. The van der Waals surface area contributed by atoms with Gasteiger partial charge in [-0.3, -0.25) is 15.5 Å². The standard InChI is InChI=1S/C20H15BrN6O4S/c21-12-7-14-15(31-10-30-14)8-16(12)32-20-24-17-18(22)23-9-26(19(17)25-20)6-5-11-3-1-2-4-13(11)27(28)29/h1-4,7-9,22H,5-6,10H2,(H,24,25). The van der Waals surface area contributed by atoms with Crippen LogP contribution in [0.1, 0.15) is 5.56 Å². The zero-order chi connectivity index (χ0) is 22.2. The fourth-order valence-corrected chi connectivity index (χ4v) is 4.78. The summed E-state index contributed by atoms with van der Waals surface area (Å²) in [6.07, 6.45) is 1.96. The van der Waals surface area contributed by atoms with Gasteiger partial charge in [0.05, 0.1) is 11.3 Å². The monoisotopic (exact) mass is 514 g/mol. The topological polar surface area (TPSA) is 132 Å². The van der Waals surface area contributed by atoms with E-state index in [1.165, 1.54) is 24.2 Å². The molecule has 0 radical (unpaired) electrons. The molecule has 162 valence electrons. The number of halogens is 1. The summed E-state index contributed by atoms with van der Waals surface area (Å²) in [5.74, 6) is 1.34. The second-order valence-corrected chi connectivity index (χ2v) is 8.79. The van der Waals surface area contributed by atoms with Gasteiger partial charge in [-0.2, -0.15) is 0 Å². The van der Waals surface area contributed by atoms with Crippen molar-refractivity contribution in [3.8, 4) is 11.5 Å². The molecule has 0 aliphatic carbocycles. The molecule has 2 aromatic heterocycles. The number of imidazole rings is 1. The lowest BCUT2D eigenvalue weighted by Gasteiger charge is -2.07. The van der Waals surface area contributed by atoms with E-state index in [1.54, 1.807) is 22.8 Å². The summed E-state index contributed by atoms with van der Waals surface area (Å²) in [5.41, 5.74) is 1.84. The van der Waals surface area contributed by atoms with Crippen LogP contribution in [0.5, 0.6) is 11.5 Å². The highest BCUT2D eigenvalue weighted by Gasteiger charge is 2.19. The second kappa shape index (κ2) is 8.28. The third-order valence-electron chi connectivity index (χ3n) is 4.94. The molecule has 1 aliphatic heterocycles. The van der Waals surface area contributed by atoms with E-state index in [0.717, 1.165) is 9.37 Å². The summed E-state index contributed by atoms with van der Waals surface area (Å²) in [6.45, 7) is 0.616. The number of aromatic nitrogens is 4. The first-order valence-electron chi connectivity index (χ1n) is 9.48. The molecule has 12 heteroatoms. The number of benzene rings is 2. The first-order valence-corrected chi connectivity index (χ1v) is 11.1. The van der Waals surface area contributed by atoms with Crippen LogP contribution in [-0.2, 0) is 13.0 Å². The Balaban J connectivity index is 1.45. The highest BCUT2D eigenvalue weighted by molar-refractivity contribution is 9.10. The SMILES string of the molecule is N=c1ncn(CCc2ccccc2[N+](=O)[O-])c2nc(Sc3cc4c(cc3Br)OCO4)[nH]c12. The molecule has 0 amide bonds. The van der Waals surface area contributed by atoms with Crippen molar-refractivity contribution in [1.29, 1.82) is 5.41 Å². The molecule has 10 nitrogen and oxygen atoms in total. The fourth-order valence-electron chi connectivity index (χ4n) is 3.40. The predicted octanol–water partition coefficient (Wildman–Crippen LogP) is 4.03. The number of fused-ring (bicyclic) bond motifs is 2. The fraction of sp³-hybridized carbons (Fsp3) is 0.150. The van der Waals surface area contributed by atoms with Gasteiger partial charge in [0.25, 0.3) is 5.69 Å². The van der Waals surface area contributed by atoms with Crippen molar-refractivity contribution in [2.24, 2.45) is 0 Å². The minimum Gasteiger partial charge on any atom is -0.454 e. The van der Waals surface area contributed by atoms with E-state index < -0.39 is 0 Å². The van der Waals surface area contributed by atoms with Crippen LogP contribution in [0.2, 0.25) is 0 Å². The number of para-hydroxylation sites is 1. The average Bonchev–Trinajstić information content (AvgIpc) is 3.41. The Morgan fingerprint density at radius 1 is 1.28 bits per heavy atom. The lowest BCUT2D eigenvalue weighted by atomic mass is 10.1. The van der Waals surface area contributed by atoms with E-state index in [1.807, 2.05) is 12.1 Å². The minimum atomic E-state index is -0.382. The molecule has 0 saturated carbocycles. The second-order valence-electron chi connectivity index (χ2n) is 6.90. The summed E-state index contributed by atoms with van der Waals surface area (Å²) in [7, 11) is 0. The van der Waals surface area contributed by atoms with Crippen LogP contribution in [-0.4, -0.2) is 31.2 Å². The summed E-state index contributed by atoms with van der Waals surface area (Å²) in [4.78, 5) is 23.7. The van der Waals surface area contributed by atoms with Gasteiger partial charge in [-0.1, -0.05) is 30.0 Å². The van der Waals surface area contributed by atoms with Crippen molar-refractivity contribution < 1.29 is 14.4 Å². The van der Waals surface area contributed by atoms with Gasteiger partial charge in [-0.25, -0.2) is 9.97 Å². The molecule has 32 heavy (non-hydrogen) atoms. The van der Waals surface area contributed by atoms with Gasteiger partial charge in [-0.05, 0) is 34.5 Å². The minimum absolute atomic E-state index is 0.0750. The molecule has 0 bridgehead atoms. The number of aromatic amines is 1. The number of hydrogen-bond acceptors (Lipinski definition) is 8. The van der Waals surface area contributed by atoms with Crippen LogP contribution in [0.4, 0.5) is 5.69 Å². The predicted molar refractivity (Wildman–Crippen MR) is 119 cm³/mol. The molecular weight excluding hydrogens is 500 g/mol. The number of nitrogens with one attached hydrogen (secondary N) is 2. The molecule has 4 aromatic rings. The summed E-state index contributed by atoms with van der Waals surface area (Å²) >= 11 is 4.92. The van der Waals surface area contributed by atoms with Crippen molar-refractivity contribution in [3.05, 3.63) is 68.4 Å². The molecule has 0 atom stereocenters. The Hall–Kier alpha value is -3.38. The molecule has 5 rings (SSSR count). The van der Waals surface area contributed by atoms with Gasteiger partial charge < -0.3 is 19.0 Å². The van der Waals surface area contributed by atoms with E-state index in [9.17, 15) is 10.1 Å². The van der Waals surface area contributed by atoms with E-state index in [0.29, 0.717) is 46.3 Å². The zero-order valence-electron chi connectivity index (χ0n) is 16.4. The van der Waals surface area contributed by atoms with Crippen molar-refractivity contribution in [3.63, 3.8) is 0 Å². The zero-order valence-corrected chi connectivity index (χ0v) is 18.8. The quantitative estimate of drug-likeness (QED) is 0.293. The molecular formula is C20H15BrN6O4S. The lowest BCUT2D eigenvalue weighted by molar-refractivity contribution is -0.385. The first-order chi connectivity index (χ1) is 15.5. The van der Waals surface area contributed by atoms with Crippen molar-refractivity contribution >= 4 is 44.5 Å². The number of aryl methyl sites for hydroxylation is 2. The van der Waals surface area contributed by atoms with Crippen LogP contribution in [0.15, 0.2) is 57.3 Å². The third kappa shape index (κ3) is 3.82. The van der Waals surface area contributed by atoms with Crippen LogP contribution >= 0.6 is 27.7 Å². The Morgan fingerprint density at radius 2 is 2.06 bits per heavy atom. The molecule has 2 N–H and O–H groups in total. The molecule has 0 unspecified atom stereocenters. The van der Waals surface area contributed by atoms with Gasteiger partial charge in [0.15, 0.2) is 27.8 Å². The average molecular weight is 515 g/mol. The molecule has 1 aliphatic rings. The van der Waals surface area contributed by atoms with E-state index in [-0.39, 0.29) is 22.9 Å². The van der Waals surface area contributed by atoms with Crippen molar-refractivity contribution in [2.75, 3.05) is 6.79 Å². The Labute approximate surface area is 193 Å². The Bertz CT molecular complexity index is 1420. The lowest BCUT2D eigenvalue weighted by Crippen LogP contribution is -2.14. The van der Waals surface area contributed by atoms with Crippen molar-refractivity contribution in [1.82, 2.24) is 19.5 Å². The van der Waals surface area contributed by atoms with Crippen molar-refractivity contribution in [2.45, 2.75) is 23.0 Å². The van der Waals surface area contributed by atoms with Gasteiger partial charge in [0, 0.05) is 27.5 Å². The number of nitrogens with zero attached hydrogens (tertiary/aromatic N) is 4. The van der Waals surface area contributed by atoms with Gasteiger partial charge in [0.1, 0.15) is 5.52 Å². The number of hydrogen-bond donors (Lipinski definition) is 2. The van der Waals surface area contributed by atoms with Crippen LogP contribution < -0.4 is 15.0 Å². The number of ether oxygens (including phenoxy) is 2. The number of H-pyrrole nitrogens is 1. The third-order valence-corrected chi connectivity index (χ3v) is 6.81. The highest BCUT2D eigenvalue weighted by atomic mass is 79.9. The number of nitro groups is 1. The Kier molecular flexibility index (Phi) is 5.31. The smallest absolute Gasteiger partial charge is 0.272 e. The van der Waals surface area contributed by atoms with Gasteiger partial charge in [-0.15, -0.1) is 0 Å². The summed E-state index contributed by atoms with van der Waals surface area (Å²) < 4.78 is 13.5. The number of nitro benzene ring substituents is 1. The number of rotatable bonds is 6. The maximum Gasteiger partial charge on any atom is 0.272 e. The van der Waals surface area contributed by atoms with Gasteiger partial charge >= 0.3 is 0 Å². The van der Waals surface area contributed by atoms with Gasteiger partial charge in [0.2, 0.25) is 6.79 Å². The first kappa shape index (κ1) is 20.5. The molecule has 0 saturated heterocycles. The maximum atomic E-state index is 11.3. The van der Waals surface area contributed by atoms with Crippen LogP contribution in [0.3, 0.4) is 0 Å². The molecule has 3 heterocycles.